The number of hydrogen-bond acceptors (Lipinski definition) is 4. The second kappa shape index (κ2) is 6.66. The molecule has 0 radical (unpaired) electrons. The molecule has 25 heavy (non-hydrogen) atoms. The lowest BCUT2D eigenvalue weighted by Gasteiger charge is -2.36. The van der Waals surface area contributed by atoms with E-state index in [1.165, 1.54) is 6.42 Å². The fourth-order valence-electron chi connectivity index (χ4n) is 3.96. The number of carbonyl (C=O) groups excluding carboxylic acids is 1. The van der Waals surface area contributed by atoms with Gasteiger partial charge in [0, 0.05) is 23.8 Å². The maximum Gasteiger partial charge on any atom is 0.225 e. The van der Waals surface area contributed by atoms with Crippen molar-refractivity contribution in [2.45, 2.75) is 45.1 Å². The summed E-state index contributed by atoms with van der Waals surface area (Å²) in [6.07, 6.45) is 9.66. The van der Waals surface area contributed by atoms with Gasteiger partial charge in [0.1, 0.15) is 6.33 Å². The van der Waals surface area contributed by atoms with Gasteiger partial charge in [-0.15, -0.1) is 5.10 Å². The van der Waals surface area contributed by atoms with Crippen LogP contribution in [0.5, 0.6) is 0 Å². The quantitative estimate of drug-likeness (QED) is 0.748. The number of hydrogen-bond donors (Lipinski definition) is 2. The number of nitrogens with one attached hydrogen (secondary N) is 2. The van der Waals surface area contributed by atoms with Crippen molar-refractivity contribution < 1.29 is 4.79 Å². The average molecular weight is 338 g/mol. The monoisotopic (exact) mass is 338 g/mol. The molecule has 0 aliphatic heterocycles. The van der Waals surface area contributed by atoms with Gasteiger partial charge in [-0.2, -0.15) is 0 Å². The number of benzene rings is 1. The molecule has 2 heterocycles. The van der Waals surface area contributed by atoms with Crippen molar-refractivity contribution in [3.05, 3.63) is 36.8 Å². The molecule has 2 N–H and O–H groups in total. The van der Waals surface area contributed by atoms with E-state index in [2.05, 4.69) is 25.8 Å². The number of tetrazole rings is 1. The van der Waals surface area contributed by atoms with E-state index in [0.29, 0.717) is 13.0 Å². The van der Waals surface area contributed by atoms with E-state index in [0.717, 1.165) is 42.3 Å². The number of nitrogens with zero attached hydrogens (tertiary/aromatic N) is 4. The summed E-state index contributed by atoms with van der Waals surface area (Å²) in [6.45, 7) is 0.698. The maximum absolute atomic E-state index is 12.7. The van der Waals surface area contributed by atoms with Gasteiger partial charge in [0.15, 0.2) is 0 Å². The molecule has 1 aromatic carbocycles. The van der Waals surface area contributed by atoms with Crippen LogP contribution < -0.4 is 5.32 Å². The summed E-state index contributed by atoms with van der Waals surface area (Å²) in [4.78, 5) is 15.9. The second-order valence-corrected chi connectivity index (χ2v) is 7.07. The van der Waals surface area contributed by atoms with Crippen molar-refractivity contribution in [1.82, 2.24) is 25.2 Å². The number of anilines is 1. The third-order valence-electron chi connectivity index (χ3n) is 5.18. The molecule has 1 fully saturated rings. The number of amides is 1. The normalized spacial score (nSPS) is 16.8. The Hall–Kier alpha value is -2.70. The van der Waals surface area contributed by atoms with Crippen LogP contribution in [-0.4, -0.2) is 31.1 Å². The van der Waals surface area contributed by atoms with Crippen LogP contribution in [0, 0.1) is 5.41 Å². The van der Waals surface area contributed by atoms with Gasteiger partial charge < -0.3 is 10.3 Å². The first-order chi connectivity index (χ1) is 12.2. The molecule has 2 aromatic heterocycles. The van der Waals surface area contributed by atoms with Crippen molar-refractivity contribution >= 4 is 22.5 Å². The molecule has 4 rings (SSSR count). The fraction of sp³-hybridized carbons (Fsp3) is 0.444. The summed E-state index contributed by atoms with van der Waals surface area (Å²) in [5.74, 6) is 0.0564. The smallest absolute Gasteiger partial charge is 0.225 e. The molecule has 3 aromatic rings. The van der Waals surface area contributed by atoms with Crippen LogP contribution in [0.2, 0.25) is 0 Å². The Balaban J connectivity index is 1.47. The highest BCUT2D eigenvalue weighted by atomic mass is 16.1. The third-order valence-corrected chi connectivity index (χ3v) is 5.18. The minimum absolute atomic E-state index is 0.0564. The SMILES string of the molecule is O=C(CC1(Cn2cnnn2)CCCCC1)Nc1ccc2cc[nH]c2c1. The van der Waals surface area contributed by atoms with Crippen molar-refractivity contribution in [2.75, 3.05) is 5.32 Å². The van der Waals surface area contributed by atoms with Crippen LogP contribution in [0.25, 0.3) is 10.9 Å². The summed E-state index contributed by atoms with van der Waals surface area (Å²) in [5, 5.41) is 15.6. The first-order valence-corrected chi connectivity index (χ1v) is 8.80. The molecule has 0 atom stereocenters. The number of fused-ring (bicyclic) bond motifs is 1. The predicted octanol–water partition coefficient (Wildman–Crippen LogP) is 3.13. The van der Waals surface area contributed by atoms with Crippen LogP contribution in [0.15, 0.2) is 36.8 Å². The lowest BCUT2D eigenvalue weighted by molar-refractivity contribution is -0.119. The Morgan fingerprint density at radius 2 is 2.12 bits per heavy atom. The highest BCUT2D eigenvalue weighted by Crippen LogP contribution is 2.41. The fourth-order valence-corrected chi connectivity index (χ4v) is 3.96. The molecule has 1 aliphatic carbocycles. The Bertz CT molecular complexity index is 847. The molecule has 0 unspecified atom stereocenters. The van der Waals surface area contributed by atoms with Gasteiger partial charge in [-0.25, -0.2) is 4.68 Å². The molecule has 1 saturated carbocycles. The molecule has 7 nitrogen and oxygen atoms in total. The largest absolute Gasteiger partial charge is 0.361 e. The van der Waals surface area contributed by atoms with Crippen LogP contribution in [0.1, 0.15) is 38.5 Å². The molecule has 0 saturated heterocycles. The van der Waals surface area contributed by atoms with Crippen LogP contribution in [0.4, 0.5) is 5.69 Å². The van der Waals surface area contributed by atoms with Gasteiger partial charge >= 0.3 is 0 Å². The number of rotatable bonds is 5. The van der Waals surface area contributed by atoms with E-state index in [-0.39, 0.29) is 11.3 Å². The Morgan fingerprint density at radius 1 is 1.24 bits per heavy atom. The number of H-pyrrole nitrogens is 1. The predicted molar refractivity (Wildman–Crippen MR) is 94.9 cm³/mol. The topological polar surface area (TPSA) is 88.5 Å². The van der Waals surface area contributed by atoms with Gasteiger partial charge in [-0.3, -0.25) is 4.79 Å². The Labute approximate surface area is 145 Å². The van der Waals surface area contributed by atoms with Crippen LogP contribution >= 0.6 is 0 Å². The van der Waals surface area contributed by atoms with Crippen LogP contribution in [0.3, 0.4) is 0 Å². The van der Waals surface area contributed by atoms with E-state index >= 15 is 0 Å². The number of aromatic nitrogens is 5. The zero-order valence-electron chi connectivity index (χ0n) is 14.1. The number of aromatic amines is 1. The summed E-state index contributed by atoms with van der Waals surface area (Å²) in [5.41, 5.74) is 1.79. The second-order valence-electron chi connectivity index (χ2n) is 7.07. The van der Waals surface area contributed by atoms with Gasteiger partial charge in [0.2, 0.25) is 5.91 Å². The van der Waals surface area contributed by atoms with Gasteiger partial charge in [-0.05, 0) is 52.3 Å². The lowest BCUT2D eigenvalue weighted by Crippen LogP contribution is -2.34. The first kappa shape index (κ1) is 15.8. The van der Waals surface area contributed by atoms with E-state index < -0.39 is 0 Å². The van der Waals surface area contributed by atoms with Gasteiger partial charge in [0.25, 0.3) is 0 Å². The minimum Gasteiger partial charge on any atom is -0.361 e. The van der Waals surface area contributed by atoms with E-state index in [9.17, 15) is 4.79 Å². The molecular weight excluding hydrogens is 316 g/mol. The molecule has 0 spiro atoms. The van der Waals surface area contributed by atoms with Gasteiger partial charge in [-0.1, -0.05) is 25.3 Å². The molecule has 130 valence electrons. The number of carbonyl (C=O) groups is 1. The summed E-state index contributed by atoms with van der Waals surface area (Å²) < 4.78 is 1.75. The zero-order chi connectivity index (χ0) is 17.1. The summed E-state index contributed by atoms with van der Waals surface area (Å²) in [7, 11) is 0. The van der Waals surface area contributed by atoms with Crippen molar-refractivity contribution in [3.8, 4) is 0 Å². The van der Waals surface area contributed by atoms with E-state index in [1.807, 2.05) is 30.5 Å². The third kappa shape index (κ3) is 3.55. The molecule has 1 aliphatic rings. The minimum atomic E-state index is -0.0613. The van der Waals surface area contributed by atoms with Crippen molar-refractivity contribution in [1.29, 1.82) is 0 Å². The van der Waals surface area contributed by atoms with Gasteiger partial charge in [0.05, 0.1) is 6.54 Å². The molecule has 0 bridgehead atoms. The molecule has 7 heteroatoms. The first-order valence-electron chi connectivity index (χ1n) is 8.80. The highest BCUT2D eigenvalue weighted by molar-refractivity contribution is 5.94. The van der Waals surface area contributed by atoms with E-state index in [4.69, 9.17) is 0 Å². The van der Waals surface area contributed by atoms with Crippen molar-refractivity contribution in [2.24, 2.45) is 5.41 Å². The lowest BCUT2D eigenvalue weighted by atomic mass is 9.71. The standard InChI is InChI=1S/C18H22N6O/c25-17(21-15-5-4-14-6-9-19-16(14)10-15)11-18(7-2-1-3-8-18)12-24-13-20-22-23-24/h4-6,9-10,13,19H,1-3,7-8,11-12H2,(H,21,25). The Kier molecular flexibility index (Phi) is 4.21. The summed E-state index contributed by atoms with van der Waals surface area (Å²) in [6, 6.07) is 7.95. The van der Waals surface area contributed by atoms with E-state index in [1.54, 1.807) is 11.0 Å². The zero-order valence-corrected chi connectivity index (χ0v) is 14.1. The van der Waals surface area contributed by atoms with Crippen LogP contribution in [-0.2, 0) is 11.3 Å². The Morgan fingerprint density at radius 3 is 2.92 bits per heavy atom. The average Bonchev–Trinajstić information content (AvgIpc) is 3.26. The van der Waals surface area contributed by atoms with Crippen molar-refractivity contribution in [3.63, 3.8) is 0 Å². The molecular formula is C18H22N6O. The molecule has 1 amide bonds. The summed E-state index contributed by atoms with van der Waals surface area (Å²) >= 11 is 0. The highest BCUT2D eigenvalue weighted by Gasteiger charge is 2.35. The maximum atomic E-state index is 12.7.